The molecule has 1 aromatic heterocycles. The third kappa shape index (κ3) is 1.62. The Balaban J connectivity index is 2.95. The second-order valence-corrected chi connectivity index (χ2v) is 3.96. The standard InChI is InChI=1S/C9H5BrClNO/c10-9-4-8(13)6-3-5(11)1-2-7(6)12-9/h1-4H,(H,12,13). The molecule has 0 bridgehead atoms. The fourth-order valence-corrected chi connectivity index (χ4v) is 1.78. The normalized spacial score (nSPS) is 10.6. The molecule has 0 saturated heterocycles. The number of hydrogen-bond acceptors (Lipinski definition) is 1. The molecule has 0 radical (unpaired) electrons. The Kier molecular flexibility index (Phi) is 2.14. The Bertz CT molecular complexity index is 520. The molecule has 1 N–H and O–H groups in total. The van der Waals surface area contributed by atoms with E-state index in [0.29, 0.717) is 15.0 Å². The van der Waals surface area contributed by atoms with Crippen LogP contribution in [0.15, 0.2) is 33.7 Å². The van der Waals surface area contributed by atoms with Crippen LogP contribution in [0.25, 0.3) is 10.9 Å². The predicted octanol–water partition coefficient (Wildman–Crippen LogP) is 2.94. The molecule has 2 aromatic rings. The van der Waals surface area contributed by atoms with Crippen molar-refractivity contribution in [1.29, 1.82) is 0 Å². The van der Waals surface area contributed by atoms with E-state index in [2.05, 4.69) is 20.9 Å². The molecule has 0 saturated carbocycles. The number of fused-ring (bicyclic) bond motifs is 1. The zero-order chi connectivity index (χ0) is 9.42. The minimum absolute atomic E-state index is 0.0388. The van der Waals surface area contributed by atoms with Gasteiger partial charge in [-0.3, -0.25) is 4.79 Å². The van der Waals surface area contributed by atoms with E-state index in [1.54, 1.807) is 18.2 Å². The summed E-state index contributed by atoms with van der Waals surface area (Å²) in [5, 5.41) is 1.18. The highest BCUT2D eigenvalue weighted by Crippen LogP contribution is 2.16. The summed E-state index contributed by atoms with van der Waals surface area (Å²) >= 11 is 8.98. The molecule has 0 aliphatic heterocycles. The maximum atomic E-state index is 11.4. The van der Waals surface area contributed by atoms with Crippen molar-refractivity contribution in [3.63, 3.8) is 0 Å². The van der Waals surface area contributed by atoms with Gasteiger partial charge in [0, 0.05) is 16.5 Å². The van der Waals surface area contributed by atoms with E-state index in [-0.39, 0.29) is 5.43 Å². The predicted molar refractivity (Wildman–Crippen MR) is 57.3 cm³/mol. The highest BCUT2D eigenvalue weighted by atomic mass is 79.9. The van der Waals surface area contributed by atoms with Gasteiger partial charge in [-0.25, -0.2) is 0 Å². The van der Waals surface area contributed by atoms with E-state index in [1.807, 2.05) is 0 Å². The molecule has 0 fully saturated rings. The van der Waals surface area contributed by atoms with Crippen molar-refractivity contribution in [2.45, 2.75) is 0 Å². The average molecular weight is 259 g/mol. The quantitative estimate of drug-likeness (QED) is 0.724. The van der Waals surface area contributed by atoms with Gasteiger partial charge in [0.15, 0.2) is 5.43 Å². The van der Waals surface area contributed by atoms with Crippen molar-refractivity contribution in [1.82, 2.24) is 4.98 Å². The number of H-pyrrole nitrogens is 1. The van der Waals surface area contributed by atoms with Crippen molar-refractivity contribution in [2.75, 3.05) is 0 Å². The summed E-state index contributed by atoms with van der Waals surface area (Å²) in [4.78, 5) is 14.5. The molecular weight excluding hydrogens is 253 g/mol. The fraction of sp³-hybridized carbons (Fsp3) is 0. The molecule has 2 nitrogen and oxygen atoms in total. The third-order valence-electron chi connectivity index (χ3n) is 1.76. The van der Waals surface area contributed by atoms with Gasteiger partial charge in [-0.2, -0.15) is 0 Å². The lowest BCUT2D eigenvalue weighted by Crippen LogP contribution is -2.00. The van der Waals surface area contributed by atoms with Crippen molar-refractivity contribution in [3.05, 3.63) is 44.1 Å². The molecule has 13 heavy (non-hydrogen) atoms. The summed E-state index contributed by atoms with van der Waals surface area (Å²) < 4.78 is 0.673. The molecule has 66 valence electrons. The number of rotatable bonds is 0. The van der Waals surface area contributed by atoms with E-state index in [9.17, 15) is 4.79 Å². The van der Waals surface area contributed by atoms with Crippen LogP contribution < -0.4 is 5.43 Å². The van der Waals surface area contributed by atoms with E-state index < -0.39 is 0 Å². The molecule has 4 heteroatoms. The van der Waals surface area contributed by atoms with Crippen LogP contribution in [0.3, 0.4) is 0 Å². The first kappa shape index (κ1) is 8.78. The van der Waals surface area contributed by atoms with Crippen LogP contribution in [0, 0.1) is 0 Å². The van der Waals surface area contributed by atoms with Gasteiger partial charge >= 0.3 is 0 Å². The van der Waals surface area contributed by atoms with Crippen LogP contribution in [-0.2, 0) is 0 Å². The third-order valence-corrected chi connectivity index (χ3v) is 2.42. The molecule has 0 aliphatic carbocycles. The Morgan fingerprint density at radius 2 is 2.08 bits per heavy atom. The summed E-state index contributed by atoms with van der Waals surface area (Å²) in [6.45, 7) is 0. The Hall–Kier alpha value is -0.800. The Morgan fingerprint density at radius 3 is 2.85 bits per heavy atom. The molecule has 1 aromatic carbocycles. The number of nitrogens with one attached hydrogen (secondary N) is 1. The Morgan fingerprint density at radius 1 is 1.31 bits per heavy atom. The van der Waals surface area contributed by atoms with Gasteiger partial charge in [0.25, 0.3) is 0 Å². The minimum atomic E-state index is -0.0388. The van der Waals surface area contributed by atoms with E-state index in [1.165, 1.54) is 6.07 Å². The average Bonchev–Trinajstić information content (AvgIpc) is 2.06. The molecule has 0 atom stereocenters. The van der Waals surface area contributed by atoms with E-state index >= 15 is 0 Å². The molecule has 2 rings (SSSR count). The smallest absolute Gasteiger partial charge is 0.190 e. The monoisotopic (exact) mass is 257 g/mol. The van der Waals surface area contributed by atoms with Crippen molar-refractivity contribution in [3.8, 4) is 0 Å². The first-order valence-corrected chi connectivity index (χ1v) is 4.82. The number of aromatic amines is 1. The number of benzene rings is 1. The SMILES string of the molecule is O=c1cc(Br)[nH]c2ccc(Cl)cc12. The lowest BCUT2D eigenvalue weighted by atomic mass is 10.2. The second-order valence-electron chi connectivity index (χ2n) is 2.67. The van der Waals surface area contributed by atoms with Gasteiger partial charge in [0.05, 0.1) is 10.1 Å². The maximum Gasteiger partial charge on any atom is 0.190 e. The van der Waals surface area contributed by atoms with Gasteiger partial charge in [-0.05, 0) is 34.1 Å². The number of halogens is 2. The summed E-state index contributed by atoms with van der Waals surface area (Å²) in [6.07, 6.45) is 0. The fourth-order valence-electron chi connectivity index (χ4n) is 1.19. The minimum Gasteiger partial charge on any atom is -0.349 e. The zero-order valence-corrected chi connectivity index (χ0v) is 8.82. The van der Waals surface area contributed by atoms with Crippen LogP contribution in [-0.4, -0.2) is 4.98 Å². The van der Waals surface area contributed by atoms with E-state index in [4.69, 9.17) is 11.6 Å². The van der Waals surface area contributed by atoms with Gasteiger partial charge in [0.2, 0.25) is 0 Å². The molecule has 1 heterocycles. The number of pyridine rings is 1. The van der Waals surface area contributed by atoms with Crippen molar-refractivity contribution < 1.29 is 0 Å². The van der Waals surface area contributed by atoms with Crippen LogP contribution in [0.5, 0.6) is 0 Å². The van der Waals surface area contributed by atoms with Crippen LogP contribution >= 0.6 is 27.5 Å². The van der Waals surface area contributed by atoms with Crippen LogP contribution in [0.1, 0.15) is 0 Å². The second kappa shape index (κ2) is 3.16. The van der Waals surface area contributed by atoms with Crippen LogP contribution in [0.4, 0.5) is 0 Å². The largest absolute Gasteiger partial charge is 0.349 e. The van der Waals surface area contributed by atoms with Gasteiger partial charge in [0.1, 0.15) is 0 Å². The van der Waals surface area contributed by atoms with Crippen LogP contribution in [0.2, 0.25) is 5.02 Å². The summed E-state index contributed by atoms with van der Waals surface area (Å²) in [7, 11) is 0. The van der Waals surface area contributed by atoms with Crippen molar-refractivity contribution in [2.24, 2.45) is 0 Å². The highest BCUT2D eigenvalue weighted by Gasteiger charge is 2.00. The molecule has 0 spiro atoms. The number of aromatic nitrogens is 1. The summed E-state index contributed by atoms with van der Waals surface area (Å²) in [6, 6.07) is 6.66. The molecular formula is C9H5BrClNO. The maximum absolute atomic E-state index is 11.4. The topological polar surface area (TPSA) is 32.9 Å². The molecule has 0 amide bonds. The molecule has 0 aliphatic rings. The first-order valence-electron chi connectivity index (χ1n) is 3.65. The summed E-state index contributed by atoms with van der Waals surface area (Å²) in [5.74, 6) is 0. The van der Waals surface area contributed by atoms with Gasteiger partial charge in [-0.1, -0.05) is 11.6 Å². The lowest BCUT2D eigenvalue weighted by Gasteiger charge is -1.98. The van der Waals surface area contributed by atoms with Gasteiger partial charge < -0.3 is 4.98 Å². The van der Waals surface area contributed by atoms with E-state index in [0.717, 1.165) is 5.52 Å². The lowest BCUT2D eigenvalue weighted by molar-refractivity contribution is 1.33. The highest BCUT2D eigenvalue weighted by molar-refractivity contribution is 9.10. The first-order chi connectivity index (χ1) is 6.16. The number of hydrogen-bond donors (Lipinski definition) is 1. The summed E-state index contributed by atoms with van der Waals surface area (Å²) in [5.41, 5.74) is 0.743. The molecule has 0 unspecified atom stereocenters. The Labute approximate surface area is 87.7 Å². The van der Waals surface area contributed by atoms with Gasteiger partial charge in [-0.15, -0.1) is 0 Å². The van der Waals surface area contributed by atoms with Crippen molar-refractivity contribution >= 4 is 38.4 Å². The zero-order valence-electron chi connectivity index (χ0n) is 6.47.